The van der Waals surface area contributed by atoms with E-state index in [2.05, 4.69) is 134 Å². The van der Waals surface area contributed by atoms with E-state index in [1.165, 1.54) is 34.9 Å². The lowest BCUT2D eigenvalue weighted by Gasteiger charge is -2.10. The molecule has 0 aliphatic carbocycles. The van der Waals surface area contributed by atoms with E-state index in [1.807, 2.05) is 0 Å². The van der Waals surface area contributed by atoms with Crippen molar-refractivity contribution in [2.75, 3.05) is 0 Å². The van der Waals surface area contributed by atoms with Crippen molar-refractivity contribution in [2.45, 2.75) is 35.1 Å². The van der Waals surface area contributed by atoms with Crippen LogP contribution in [-0.2, 0) is 17.5 Å². The normalized spacial score (nSPS) is 10.9. The molecule has 0 unspecified atom stereocenters. The van der Waals surface area contributed by atoms with Crippen molar-refractivity contribution >= 4 is 33.5 Å². The summed E-state index contributed by atoms with van der Waals surface area (Å²) in [4.78, 5) is 3.96. The lowest BCUT2D eigenvalue weighted by Crippen LogP contribution is -2.05. The molecule has 0 amide bonds. The van der Waals surface area contributed by atoms with Crippen LogP contribution in [0.1, 0.15) is 16.7 Å². The Balaban J connectivity index is 1.58. The van der Waals surface area contributed by atoms with Crippen LogP contribution in [0.15, 0.2) is 112 Å². The molecular formula is C27H24IOS+. The van der Waals surface area contributed by atoms with Crippen molar-refractivity contribution in [3.8, 4) is 5.75 Å². The van der Waals surface area contributed by atoms with Crippen molar-refractivity contribution in [1.29, 1.82) is 0 Å². The molecule has 0 heterocycles. The average Bonchev–Trinajstić information content (AvgIpc) is 2.77. The molecule has 0 atom stereocenters. The fraction of sp³-hybridized carbons (Fsp3) is 0.111. The molecular weight excluding hydrogens is 499 g/mol. The third-order valence-corrected chi connectivity index (χ3v) is 7.84. The summed E-state index contributed by atoms with van der Waals surface area (Å²) in [5.74, 6) is 0.897. The Kier molecular flexibility index (Phi) is 6.80. The van der Waals surface area contributed by atoms with Gasteiger partial charge in [-0.25, -0.2) is 0 Å². The molecule has 0 spiro atoms. The van der Waals surface area contributed by atoms with Gasteiger partial charge in [0.05, 0.1) is 10.9 Å². The molecule has 0 aliphatic heterocycles. The lowest BCUT2D eigenvalue weighted by atomic mass is 10.2. The number of ether oxygens (including phenoxy) is 1. The van der Waals surface area contributed by atoms with Gasteiger partial charge >= 0.3 is 0 Å². The van der Waals surface area contributed by atoms with Gasteiger partial charge in [0.1, 0.15) is 12.4 Å². The van der Waals surface area contributed by atoms with Crippen LogP contribution >= 0.6 is 22.6 Å². The smallest absolute Gasteiger partial charge is 0.166 e. The first kappa shape index (κ1) is 21.0. The standard InChI is InChI=1S/C27H24IOS/c1-20-3-13-25(14-4-20)30(26-15-5-21(2)6-16-26)27-17-11-24(12-18-27)29-19-22-7-9-23(28)10-8-22/h3-18H,19H2,1-2H3/q+1. The van der Waals surface area contributed by atoms with Gasteiger partial charge < -0.3 is 4.74 Å². The summed E-state index contributed by atoms with van der Waals surface area (Å²) in [6, 6.07) is 34.8. The summed E-state index contributed by atoms with van der Waals surface area (Å²) in [6.07, 6.45) is 0. The van der Waals surface area contributed by atoms with Gasteiger partial charge in [-0.3, -0.25) is 0 Å². The monoisotopic (exact) mass is 523 g/mol. The van der Waals surface area contributed by atoms with Crippen molar-refractivity contribution in [3.63, 3.8) is 0 Å². The van der Waals surface area contributed by atoms with E-state index in [4.69, 9.17) is 4.74 Å². The van der Waals surface area contributed by atoms with Crippen molar-refractivity contribution < 1.29 is 4.74 Å². The fourth-order valence-electron chi connectivity index (χ4n) is 3.18. The van der Waals surface area contributed by atoms with Crippen molar-refractivity contribution in [3.05, 3.63) is 117 Å². The maximum Gasteiger partial charge on any atom is 0.166 e. The fourth-order valence-corrected chi connectivity index (χ4v) is 5.58. The largest absolute Gasteiger partial charge is 0.489 e. The third kappa shape index (κ3) is 5.27. The molecule has 4 aromatic carbocycles. The molecule has 1 nitrogen and oxygen atoms in total. The summed E-state index contributed by atoms with van der Waals surface area (Å²) in [6.45, 7) is 4.85. The number of rotatable bonds is 6. The summed E-state index contributed by atoms with van der Waals surface area (Å²) < 4.78 is 7.25. The van der Waals surface area contributed by atoms with Crippen LogP contribution in [-0.4, -0.2) is 0 Å². The lowest BCUT2D eigenvalue weighted by molar-refractivity contribution is 0.306. The quantitative estimate of drug-likeness (QED) is 0.187. The zero-order chi connectivity index (χ0) is 20.9. The van der Waals surface area contributed by atoms with E-state index in [0.29, 0.717) is 6.61 Å². The van der Waals surface area contributed by atoms with Gasteiger partial charge in [0.25, 0.3) is 0 Å². The van der Waals surface area contributed by atoms with Crippen LogP contribution in [0.3, 0.4) is 0 Å². The minimum absolute atomic E-state index is 0.138. The highest BCUT2D eigenvalue weighted by molar-refractivity contribution is 14.1. The minimum Gasteiger partial charge on any atom is -0.489 e. The van der Waals surface area contributed by atoms with Gasteiger partial charge in [-0.15, -0.1) is 0 Å². The van der Waals surface area contributed by atoms with Crippen molar-refractivity contribution in [1.82, 2.24) is 0 Å². The van der Waals surface area contributed by atoms with Crippen LogP contribution < -0.4 is 4.74 Å². The number of aryl methyl sites for hydroxylation is 2. The zero-order valence-corrected chi connectivity index (χ0v) is 20.1. The summed E-state index contributed by atoms with van der Waals surface area (Å²) >= 11 is 2.32. The van der Waals surface area contributed by atoms with Gasteiger partial charge in [0, 0.05) is 3.57 Å². The van der Waals surface area contributed by atoms with Crippen LogP contribution in [0, 0.1) is 17.4 Å². The average molecular weight is 523 g/mol. The Morgan fingerprint density at radius 2 is 1.03 bits per heavy atom. The second kappa shape index (κ2) is 9.71. The highest BCUT2D eigenvalue weighted by Gasteiger charge is 2.28. The molecule has 0 bridgehead atoms. The number of halogens is 1. The van der Waals surface area contributed by atoms with E-state index >= 15 is 0 Å². The van der Waals surface area contributed by atoms with Gasteiger partial charge in [-0.2, -0.15) is 0 Å². The van der Waals surface area contributed by atoms with Crippen LogP contribution in [0.25, 0.3) is 0 Å². The van der Waals surface area contributed by atoms with Gasteiger partial charge in [0.2, 0.25) is 0 Å². The molecule has 4 rings (SSSR count). The molecule has 0 radical (unpaired) electrons. The van der Waals surface area contributed by atoms with Crippen LogP contribution in [0.4, 0.5) is 0 Å². The SMILES string of the molecule is Cc1ccc([S+](c2ccc(C)cc2)c2ccc(OCc3ccc(I)cc3)cc2)cc1. The molecule has 0 aliphatic rings. The minimum atomic E-state index is -0.138. The Labute approximate surface area is 195 Å². The highest BCUT2D eigenvalue weighted by atomic mass is 127. The molecule has 150 valence electrons. The zero-order valence-electron chi connectivity index (χ0n) is 17.1. The van der Waals surface area contributed by atoms with Gasteiger partial charge in [-0.05, 0) is 103 Å². The van der Waals surface area contributed by atoms with Crippen molar-refractivity contribution in [2.24, 2.45) is 0 Å². The Bertz CT molecular complexity index is 1040. The van der Waals surface area contributed by atoms with E-state index in [-0.39, 0.29) is 10.9 Å². The second-order valence-electron chi connectivity index (χ2n) is 7.32. The van der Waals surface area contributed by atoms with Crippen LogP contribution in [0.2, 0.25) is 0 Å². The number of hydrogen-bond acceptors (Lipinski definition) is 1. The summed E-state index contributed by atoms with van der Waals surface area (Å²) in [5.41, 5.74) is 3.75. The molecule has 0 saturated heterocycles. The summed E-state index contributed by atoms with van der Waals surface area (Å²) in [5, 5.41) is 0. The van der Waals surface area contributed by atoms with Gasteiger partial charge in [-0.1, -0.05) is 47.5 Å². The molecule has 0 fully saturated rings. The first-order valence-electron chi connectivity index (χ1n) is 9.93. The highest BCUT2D eigenvalue weighted by Crippen LogP contribution is 2.32. The predicted octanol–water partition coefficient (Wildman–Crippen LogP) is 7.58. The number of benzene rings is 4. The van der Waals surface area contributed by atoms with Gasteiger partial charge in [0.15, 0.2) is 14.7 Å². The molecule has 30 heavy (non-hydrogen) atoms. The number of hydrogen-bond donors (Lipinski definition) is 0. The Morgan fingerprint density at radius 1 is 0.600 bits per heavy atom. The van der Waals surface area contributed by atoms with E-state index < -0.39 is 0 Å². The molecule has 4 aromatic rings. The van der Waals surface area contributed by atoms with E-state index in [9.17, 15) is 0 Å². The topological polar surface area (TPSA) is 9.23 Å². The first-order valence-corrected chi connectivity index (χ1v) is 12.2. The second-order valence-corrected chi connectivity index (χ2v) is 10.6. The molecule has 0 N–H and O–H groups in total. The third-order valence-electron chi connectivity index (χ3n) is 4.89. The predicted molar refractivity (Wildman–Crippen MR) is 134 cm³/mol. The van der Waals surface area contributed by atoms with E-state index in [0.717, 1.165) is 5.75 Å². The van der Waals surface area contributed by atoms with E-state index in [1.54, 1.807) is 0 Å². The Hall–Kier alpha value is -2.24. The maximum atomic E-state index is 6.01. The molecule has 3 heteroatoms. The van der Waals surface area contributed by atoms with Crippen LogP contribution in [0.5, 0.6) is 5.75 Å². The maximum absolute atomic E-state index is 6.01. The summed E-state index contributed by atoms with van der Waals surface area (Å²) in [7, 11) is -0.138. The molecule has 0 saturated carbocycles. The molecule has 0 aromatic heterocycles. The Morgan fingerprint density at radius 3 is 1.50 bits per heavy atom. The first-order chi connectivity index (χ1) is 14.6.